The largest absolute Gasteiger partial charge is 0.394 e. The van der Waals surface area contributed by atoms with Gasteiger partial charge in [0.1, 0.15) is 0 Å². The quantitative estimate of drug-likeness (QED) is 0.112. The number of hydrogen-bond donors (Lipinski definition) is 1. The minimum atomic E-state index is 0.0479. The second-order valence-corrected chi connectivity index (χ2v) is 6.66. The smallest absolute Gasteiger partial charge is 0.0701 e. The van der Waals surface area contributed by atoms with Gasteiger partial charge in [-0.15, -0.1) is 0 Å². The first-order chi connectivity index (χ1) is 13.9. The molecule has 0 saturated carbocycles. The predicted molar refractivity (Wildman–Crippen MR) is 111 cm³/mol. The van der Waals surface area contributed by atoms with E-state index in [-0.39, 0.29) is 6.61 Å². The third-order valence-electron chi connectivity index (χ3n) is 4.21. The van der Waals surface area contributed by atoms with E-state index < -0.39 is 0 Å². The number of unbranched alkanes of at least 4 members (excludes halogenated alkanes) is 9. The zero-order valence-electron chi connectivity index (χ0n) is 17.6. The molecular weight excluding hydrogens is 362 g/mol. The summed E-state index contributed by atoms with van der Waals surface area (Å²) in [6.45, 7) is 5.26. The highest BCUT2D eigenvalue weighted by molar-refractivity contribution is 4.50. The molecule has 1 N–H and O–H groups in total. The van der Waals surface area contributed by atoms with Gasteiger partial charge in [0.15, 0.2) is 0 Å². The first-order valence-corrected chi connectivity index (χ1v) is 10.8. The monoisotopic (exact) mass is 403 g/mol. The van der Waals surface area contributed by atoms with E-state index in [2.05, 4.69) is 10.0 Å². The molecule has 0 atom stereocenters. The molecule has 0 unspecified atom stereocenters. The molecule has 166 valence electrons. The average Bonchev–Trinajstić information content (AvgIpc) is 2.71. The molecule has 0 aromatic heterocycles. The fourth-order valence-electron chi connectivity index (χ4n) is 2.67. The lowest BCUT2D eigenvalue weighted by Crippen LogP contribution is -2.12. The zero-order valence-corrected chi connectivity index (χ0v) is 17.6. The van der Waals surface area contributed by atoms with Crippen LogP contribution in [0.5, 0.6) is 0 Å². The van der Waals surface area contributed by atoms with Gasteiger partial charge in [-0.2, -0.15) is 0 Å². The minimum absolute atomic E-state index is 0.0479. The normalized spacial score (nSPS) is 10.9. The Morgan fingerprint density at radius 1 is 0.536 bits per heavy atom. The maximum atomic E-state index is 8.54. The fraction of sp³-hybridized carbons (Fsp3) is 1.00. The molecule has 8 heteroatoms. The molecule has 0 amide bonds. The molecule has 28 heavy (non-hydrogen) atoms. The Bertz CT molecular complexity index is 342. The number of nitrogens with zero attached hydrogens (tertiary/aromatic N) is 3. The standard InChI is InChI=1S/C20H41N3O5/c21-23-22-11-9-7-5-3-1-2-4-6-8-10-13-25-15-17-27-19-20-28-18-16-26-14-12-24/h24H,1-20H2. The SMILES string of the molecule is [N-]=[N+]=NCCCCCCCCCCCCOCCOCCOCCOCCO. The van der Waals surface area contributed by atoms with Crippen LogP contribution in [0.3, 0.4) is 0 Å². The average molecular weight is 404 g/mol. The van der Waals surface area contributed by atoms with Crippen molar-refractivity contribution in [1.29, 1.82) is 0 Å². The van der Waals surface area contributed by atoms with Crippen LogP contribution in [-0.2, 0) is 18.9 Å². The Kier molecular flexibility index (Phi) is 25.3. The van der Waals surface area contributed by atoms with E-state index in [0.29, 0.717) is 52.8 Å². The highest BCUT2D eigenvalue weighted by Crippen LogP contribution is 2.10. The maximum absolute atomic E-state index is 8.54. The lowest BCUT2D eigenvalue weighted by Gasteiger charge is -2.07. The molecule has 0 rings (SSSR count). The second kappa shape index (κ2) is 26.1. The van der Waals surface area contributed by atoms with Gasteiger partial charge in [0.05, 0.1) is 52.9 Å². The van der Waals surface area contributed by atoms with Gasteiger partial charge in [0, 0.05) is 18.1 Å². The highest BCUT2D eigenvalue weighted by atomic mass is 16.6. The van der Waals surface area contributed by atoms with Gasteiger partial charge in [-0.3, -0.25) is 0 Å². The van der Waals surface area contributed by atoms with Gasteiger partial charge < -0.3 is 24.1 Å². The van der Waals surface area contributed by atoms with Gasteiger partial charge >= 0.3 is 0 Å². The van der Waals surface area contributed by atoms with E-state index in [4.69, 9.17) is 29.6 Å². The highest BCUT2D eigenvalue weighted by Gasteiger charge is 1.95. The molecule has 0 aliphatic heterocycles. The van der Waals surface area contributed by atoms with Crippen molar-refractivity contribution in [2.45, 2.75) is 64.2 Å². The molecule has 0 radical (unpaired) electrons. The van der Waals surface area contributed by atoms with Crippen LogP contribution < -0.4 is 0 Å². The van der Waals surface area contributed by atoms with Gasteiger partial charge in [0.25, 0.3) is 0 Å². The van der Waals surface area contributed by atoms with E-state index in [9.17, 15) is 0 Å². The van der Waals surface area contributed by atoms with Crippen molar-refractivity contribution in [3.63, 3.8) is 0 Å². The summed E-state index contributed by atoms with van der Waals surface area (Å²) < 4.78 is 21.4. The number of rotatable bonds is 24. The van der Waals surface area contributed by atoms with Gasteiger partial charge in [-0.05, 0) is 18.4 Å². The molecule has 0 aliphatic rings. The van der Waals surface area contributed by atoms with Crippen LogP contribution in [0.1, 0.15) is 64.2 Å². The molecule has 0 saturated heterocycles. The van der Waals surface area contributed by atoms with Gasteiger partial charge in [0.2, 0.25) is 0 Å². The summed E-state index contributed by atoms with van der Waals surface area (Å²) in [5.74, 6) is 0. The minimum Gasteiger partial charge on any atom is -0.394 e. The van der Waals surface area contributed by atoms with Crippen molar-refractivity contribution in [2.75, 3.05) is 66.0 Å². The molecule has 8 nitrogen and oxygen atoms in total. The van der Waals surface area contributed by atoms with Crippen molar-refractivity contribution in [2.24, 2.45) is 5.11 Å². The summed E-state index contributed by atoms with van der Waals surface area (Å²) >= 11 is 0. The van der Waals surface area contributed by atoms with Crippen LogP contribution in [0.4, 0.5) is 0 Å². The van der Waals surface area contributed by atoms with Crippen molar-refractivity contribution >= 4 is 0 Å². The lowest BCUT2D eigenvalue weighted by molar-refractivity contribution is -0.00577. The molecule has 0 fully saturated rings. The Labute approximate surface area is 170 Å². The summed E-state index contributed by atoms with van der Waals surface area (Å²) in [5.41, 5.74) is 8.18. The number of aliphatic hydroxyl groups is 1. The molecule has 0 heterocycles. The molecule has 0 aromatic carbocycles. The van der Waals surface area contributed by atoms with Crippen LogP contribution >= 0.6 is 0 Å². The van der Waals surface area contributed by atoms with E-state index in [1.54, 1.807) is 0 Å². The first kappa shape index (κ1) is 27.1. The predicted octanol–water partition coefficient (Wildman–Crippen LogP) is 4.26. The Morgan fingerprint density at radius 3 is 1.39 bits per heavy atom. The topological polar surface area (TPSA) is 106 Å². The maximum Gasteiger partial charge on any atom is 0.0701 e. The van der Waals surface area contributed by atoms with Crippen molar-refractivity contribution in [3.8, 4) is 0 Å². The van der Waals surface area contributed by atoms with Crippen LogP contribution in [0.2, 0.25) is 0 Å². The van der Waals surface area contributed by atoms with Crippen LogP contribution in [0.15, 0.2) is 5.11 Å². The Balaban J connectivity index is 2.98. The zero-order chi connectivity index (χ0) is 20.4. The summed E-state index contributed by atoms with van der Waals surface area (Å²) in [7, 11) is 0. The van der Waals surface area contributed by atoms with E-state index in [1.165, 1.54) is 51.4 Å². The van der Waals surface area contributed by atoms with Crippen LogP contribution in [0.25, 0.3) is 10.4 Å². The third-order valence-corrected chi connectivity index (χ3v) is 4.21. The lowest BCUT2D eigenvalue weighted by atomic mass is 10.1. The number of hydrogen-bond acceptors (Lipinski definition) is 6. The van der Waals surface area contributed by atoms with Gasteiger partial charge in [-0.1, -0.05) is 56.5 Å². The fourth-order valence-corrected chi connectivity index (χ4v) is 2.67. The van der Waals surface area contributed by atoms with Crippen molar-refractivity contribution in [3.05, 3.63) is 10.4 Å². The van der Waals surface area contributed by atoms with E-state index in [0.717, 1.165) is 19.4 Å². The van der Waals surface area contributed by atoms with Crippen molar-refractivity contribution in [1.82, 2.24) is 0 Å². The van der Waals surface area contributed by atoms with E-state index >= 15 is 0 Å². The number of azide groups is 1. The molecular formula is C20H41N3O5. The summed E-state index contributed by atoms with van der Waals surface area (Å²) in [6, 6.07) is 0. The molecule has 0 spiro atoms. The number of aliphatic hydroxyl groups excluding tert-OH is 1. The Hall–Kier alpha value is -0.890. The van der Waals surface area contributed by atoms with E-state index in [1.807, 2.05) is 0 Å². The second-order valence-electron chi connectivity index (χ2n) is 6.66. The van der Waals surface area contributed by atoms with Crippen molar-refractivity contribution < 1.29 is 24.1 Å². The van der Waals surface area contributed by atoms with Crippen LogP contribution in [0, 0.1) is 0 Å². The van der Waals surface area contributed by atoms with Gasteiger partial charge in [-0.25, -0.2) is 0 Å². The molecule has 0 aromatic rings. The van der Waals surface area contributed by atoms with Crippen LogP contribution in [-0.4, -0.2) is 71.1 Å². The number of ether oxygens (including phenoxy) is 4. The molecule has 0 bridgehead atoms. The molecule has 0 aliphatic carbocycles. The summed E-state index contributed by atoms with van der Waals surface area (Å²) in [4.78, 5) is 2.76. The summed E-state index contributed by atoms with van der Waals surface area (Å²) in [5, 5.41) is 12.1. The first-order valence-electron chi connectivity index (χ1n) is 10.8. The summed E-state index contributed by atoms with van der Waals surface area (Å²) in [6.07, 6.45) is 12.3. The third kappa shape index (κ3) is 25.1. The Morgan fingerprint density at radius 2 is 0.929 bits per heavy atom.